The van der Waals surface area contributed by atoms with Gasteiger partial charge in [0.2, 0.25) is 15.9 Å². The van der Waals surface area contributed by atoms with Crippen molar-refractivity contribution in [1.29, 1.82) is 0 Å². The predicted molar refractivity (Wildman–Crippen MR) is 81.1 cm³/mol. The molecule has 1 aromatic rings. The number of carboxylic acid groups (broad SMARTS) is 1. The molecule has 0 fully saturated rings. The number of likely N-dealkylation sites (N-methyl/N-ethyl adjacent to an activating group) is 2. The minimum absolute atomic E-state index is 0.00105. The van der Waals surface area contributed by atoms with Crippen LogP contribution in [0.2, 0.25) is 5.02 Å². The van der Waals surface area contributed by atoms with Crippen molar-refractivity contribution in [2.45, 2.75) is 17.9 Å². The highest BCUT2D eigenvalue weighted by molar-refractivity contribution is 7.89. The van der Waals surface area contributed by atoms with Crippen molar-refractivity contribution >= 4 is 33.5 Å². The molecule has 0 aliphatic carbocycles. The van der Waals surface area contributed by atoms with E-state index in [1.54, 1.807) is 0 Å². The van der Waals surface area contributed by atoms with Crippen molar-refractivity contribution in [3.63, 3.8) is 0 Å². The fraction of sp³-hybridized carbons (Fsp3) is 0.385. The highest BCUT2D eigenvalue weighted by atomic mass is 35.5. The van der Waals surface area contributed by atoms with E-state index in [-0.39, 0.29) is 4.90 Å². The molecule has 1 N–H and O–H groups in total. The summed E-state index contributed by atoms with van der Waals surface area (Å²) in [6, 6.07) is 4.50. The Morgan fingerprint density at radius 2 is 1.73 bits per heavy atom. The first-order chi connectivity index (χ1) is 10.1. The van der Waals surface area contributed by atoms with E-state index in [0.29, 0.717) is 5.02 Å². The zero-order valence-electron chi connectivity index (χ0n) is 12.4. The number of carbonyl (C=O) groups excluding carboxylic acids is 1. The summed E-state index contributed by atoms with van der Waals surface area (Å²) in [5, 5.41) is 9.26. The highest BCUT2D eigenvalue weighted by Crippen LogP contribution is 2.17. The zero-order chi connectivity index (χ0) is 17.1. The Bertz CT molecular complexity index is 660. The van der Waals surface area contributed by atoms with E-state index in [9.17, 15) is 18.0 Å². The van der Waals surface area contributed by atoms with Gasteiger partial charge in [-0.2, -0.15) is 4.31 Å². The lowest BCUT2D eigenvalue weighted by Crippen LogP contribution is -2.45. The number of amides is 1. The molecule has 0 saturated carbocycles. The van der Waals surface area contributed by atoms with Crippen LogP contribution in [0.5, 0.6) is 0 Å². The number of rotatable bonds is 6. The van der Waals surface area contributed by atoms with E-state index in [2.05, 4.69) is 0 Å². The molecule has 1 amide bonds. The van der Waals surface area contributed by atoms with Crippen LogP contribution in [0.4, 0.5) is 0 Å². The minimum Gasteiger partial charge on any atom is -0.480 e. The van der Waals surface area contributed by atoms with Crippen molar-refractivity contribution < 1.29 is 23.1 Å². The van der Waals surface area contributed by atoms with Crippen molar-refractivity contribution in [1.82, 2.24) is 9.21 Å². The van der Waals surface area contributed by atoms with E-state index in [1.165, 1.54) is 45.3 Å². The maximum absolute atomic E-state index is 12.3. The number of carbonyl (C=O) groups is 2. The van der Waals surface area contributed by atoms with Gasteiger partial charge in [-0.15, -0.1) is 0 Å². The number of aliphatic carboxylic acids is 1. The topological polar surface area (TPSA) is 95.0 Å². The molecule has 1 aromatic carbocycles. The van der Waals surface area contributed by atoms with Crippen LogP contribution in [-0.2, 0) is 19.6 Å². The third kappa shape index (κ3) is 4.19. The van der Waals surface area contributed by atoms with E-state index in [4.69, 9.17) is 16.7 Å². The van der Waals surface area contributed by atoms with Crippen LogP contribution in [0.15, 0.2) is 29.2 Å². The lowest BCUT2D eigenvalue weighted by Gasteiger charge is -2.24. The summed E-state index contributed by atoms with van der Waals surface area (Å²) >= 11 is 5.71. The number of hydrogen-bond acceptors (Lipinski definition) is 4. The molecule has 0 saturated heterocycles. The van der Waals surface area contributed by atoms with Gasteiger partial charge in [0.05, 0.1) is 11.4 Å². The van der Waals surface area contributed by atoms with Crippen LogP contribution in [0.25, 0.3) is 0 Å². The molecule has 0 heterocycles. The molecule has 0 aromatic heterocycles. The molecule has 0 aliphatic rings. The van der Waals surface area contributed by atoms with E-state index >= 15 is 0 Å². The van der Waals surface area contributed by atoms with Gasteiger partial charge in [-0.1, -0.05) is 11.6 Å². The molecule has 1 rings (SSSR count). The monoisotopic (exact) mass is 348 g/mol. The van der Waals surface area contributed by atoms with Gasteiger partial charge in [-0.05, 0) is 31.2 Å². The van der Waals surface area contributed by atoms with Gasteiger partial charge in [-0.25, -0.2) is 13.2 Å². The molecule has 122 valence electrons. The van der Waals surface area contributed by atoms with Crippen LogP contribution in [0.3, 0.4) is 0 Å². The maximum Gasteiger partial charge on any atom is 0.326 e. The largest absolute Gasteiger partial charge is 0.480 e. The van der Waals surface area contributed by atoms with Crippen molar-refractivity contribution in [3.05, 3.63) is 29.3 Å². The first-order valence-corrected chi connectivity index (χ1v) is 8.09. The fourth-order valence-electron chi connectivity index (χ4n) is 1.56. The standard InChI is InChI=1S/C13H17ClN2O5S/c1-9(13(18)19)16(3)12(17)8-15(2)22(20,21)11-6-4-10(14)5-7-11/h4-7,9H,8H2,1-3H3,(H,18,19). The first kappa shape index (κ1) is 18.4. The number of halogens is 1. The van der Waals surface area contributed by atoms with Crippen LogP contribution in [0, 0.1) is 0 Å². The van der Waals surface area contributed by atoms with Crippen LogP contribution in [0.1, 0.15) is 6.92 Å². The Hall–Kier alpha value is -1.64. The first-order valence-electron chi connectivity index (χ1n) is 6.27. The predicted octanol–water partition coefficient (Wildman–Crippen LogP) is 0.892. The second kappa shape index (κ2) is 7.08. The van der Waals surface area contributed by atoms with E-state index in [1.807, 2.05) is 0 Å². The average Bonchev–Trinajstić information content (AvgIpc) is 2.45. The van der Waals surface area contributed by atoms with Crippen LogP contribution < -0.4 is 0 Å². The number of hydrogen-bond donors (Lipinski definition) is 1. The third-order valence-corrected chi connectivity index (χ3v) is 5.28. The number of sulfonamides is 1. The molecule has 0 spiro atoms. The third-order valence-electron chi connectivity index (χ3n) is 3.21. The normalized spacial score (nSPS) is 13.0. The summed E-state index contributed by atoms with van der Waals surface area (Å²) in [5.74, 6) is -1.78. The zero-order valence-corrected chi connectivity index (χ0v) is 13.9. The van der Waals surface area contributed by atoms with E-state index < -0.39 is 34.5 Å². The van der Waals surface area contributed by atoms with Gasteiger partial charge in [0.15, 0.2) is 0 Å². The van der Waals surface area contributed by atoms with Crippen LogP contribution in [-0.4, -0.2) is 61.3 Å². The van der Waals surface area contributed by atoms with Gasteiger partial charge in [0, 0.05) is 19.1 Å². The molecule has 9 heteroatoms. The second-order valence-electron chi connectivity index (χ2n) is 4.73. The van der Waals surface area contributed by atoms with Gasteiger partial charge in [-0.3, -0.25) is 4.79 Å². The summed E-state index contributed by atoms with van der Waals surface area (Å²) < 4.78 is 25.5. The summed E-state index contributed by atoms with van der Waals surface area (Å²) in [5.41, 5.74) is 0. The molecule has 0 bridgehead atoms. The Morgan fingerprint density at radius 1 is 1.23 bits per heavy atom. The highest BCUT2D eigenvalue weighted by Gasteiger charge is 2.27. The molecule has 1 atom stereocenters. The number of benzene rings is 1. The van der Waals surface area contributed by atoms with Crippen molar-refractivity contribution in [2.24, 2.45) is 0 Å². The summed E-state index contributed by atoms with van der Waals surface area (Å²) in [4.78, 5) is 23.8. The molecule has 7 nitrogen and oxygen atoms in total. The SMILES string of the molecule is CC(C(=O)O)N(C)C(=O)CN(C)S(=O)(=O)c1ccc(Cl)cc1. The van der Waals surface area contributed by atoms with Crippen LogP contribution >= 0.6 is 11.6 Å². The Labute approximate surface area is 134 Å². The lowest BCUT2D eigenvalue weighted by atomic mass is 10.3. The van der Waals surface area contributed by atoms with Gasteiger partial charge in [0.25, 0.3) is 0 Å². The van der Waals surface area contributed by atoms with Crippen molar-refractivity contribution in [2.75, 3.05) is 20.6 Å². The van der Waals surface area contributed by atoms with Gasteiger partial charge in [0.1, 0.15) is 6.04 Å². The quantitative estimate of drug-likeness (QED) is 0.823. The molecular weight excluding hydrogens is 332 g/mol. The van der Waals surface area contributed by atoms with Gasteiger partial charge >= 0.3 is 5.97 Å². The average molecular weight is 349 g/mol. The molecular formula is C13H17ClN2O5S. The Kier molecular flexibility index (Phi) is 5.92. The Balaban J connectivity index is 2.87. The molecule has 0 aliphatic heterocycles. The van der Waals surface area contributed by atoms with Crippen molar-refractivity contribution in [3.8, 4) is 0 Å². The second-order valence-corrected chi connectivity index (χ2v) is 7.22. The maximum atomic E-state index is 12.3. The summed E-state index contributed by atoms with van der Waals surface area (Å²) in [6.07, 6.45) is 0. The van der Waals surface area contributed by atoms with E-state index in [0.717, 1.165) is 9.21 Å². The molecule has 22 heavy (non-hydrogen) atoms. The molecule has 1 unspecified atom stereocenters. The molecule has 0 radical (unpaired) electrons. The summed E-state index contributed by atoms with van der Waals surface area (Å²) in [6.45, 7) is 0.882. The summed E-state index contributed by atoms with van der Waals surface area (Å²) in [7, 11) is -1.29. The smallest absolute Gasteiger partial charge is 0.326 e. The number of carboxylic acids is 1. The number of nitrogens with zero attached hydrogens (tertiary/aromatic N) is 2. The lowest BCUT2D eigenvalue weighted by molar-refractivity contribution is -0.148. The fourth-order valence-corrected chi connectivity index (χ4v) is 2.80. The minimum atomic E-state index is -3.85. The Morgan fingerprint density at radius 3 is 2.18 bits per heavy atom. The van der Waals surface area contributed by atoms with Gasteiger partial charge < -0.3 is 10.0 Å².